The highest BCUT2D eigenvalue weighted by Gasteiger charge is 2.18. The van der Waals surface area contributed by atoms with E-state index in [9.17, 15) is 4.79 Å². The molecule has 0 aliphatic rings. The molecule has 0 fully saturated rings. The normalized spacial score (nSPS) is 10.7. The van der Waals surface area contributed by atoms with Crippen molar-refractivity contribution in [3.63, 3.8) is 0 Å². The summed E-state index contributed by atoms with van der Waals surface area (Å²) < 4.78 is 1.29. The Labute approximate surface area is 173 Å². The van der Waals surface area contributed by atoms with E-state index in [4.69, 9.17) is 11.6 Å². The van der Waals surface area contributed by atoms with Gasteiger partial charge >= 0.3 is 0 Å². The highest BCUT2D eigenvalue weighted by Crippen LogP contribution is 2.19. The maximum atomic E-state index is 13.1. The minimum Gasteiger partial charge on any atom is -0.350 e. The summed E-state index contributed by atoms with van der Waals surface area (Å²) in [5, 5.41) is 8.29. The van der Waals surface area contributed by atoms with E-state index in [0.717, 1.165) is 16.7 Å². The predicted molar refractivity (Wildman–Crippen MR) is 113 cm³/mol. The number of anilines is 1. The molecule has 1 N–H and O–H groups in total. The molecule has 6 nitrogen and oxygen atoms in total. The molecule has 4 rings (SSSR count). The molecule has 29 heavy (non-hydrogen) atoms. The van der Waals surface area contributed by atoms with Gasteiger partial charge in [0.15, 0.2) is 5.82 Å². The number of halogens is 1. The first-order valence-corrected chi connectivity index (χ1v) is 9.45. The third kappa shape index (κ3) is 4.33. The smallest absolute Gasteiger partial charge is 0.281 e. The Hall–Kier alpha value is -3.51. The fourth-order valence-electron chi connectivity index (χ4n) is 2.83. The number of aromatic nitrogens is 4. The van der Waals surface area contributed by atoms with Crippen LogP contribution >= 0.6 is 11.6 Å². The quantitative estimate of drug-likeness (QED) is 0.527. The number of benzene rings is 2. The average molecular weight is 404 g/mol. The minimum absolute atomic E-state index is 0.263. The molecule has 4 aromatic rings. The number of carbonyl (C=O) groups excluding carboxylic acids is 1. The molecular weight excluding hydrogens is 386 g/mol. The largest absolute Gasteiger partial charge is 0.350 e. The van der Waals surface area contributed by atoms with Gasteiger partial charge in [0.2, 0.25) is 5.95 Å². The number of pyridine rings is 1. The van der Waals surface area contributed by atoms with Crippen molar-refractivity contribution < 1.29 is 4.79 Å². The summed E-state index contributed by atoms with van der Waals surface area (Å²) in [4.78, 5) is 21.7. The van der Waals surface area contributed by atoms with Crippen molar-refractivity contribution >= 4 is 23.5 Å². The Morgan fingerprint density at radius 1 is 1.10 bits per heavy atom. The summed E-state index contributed by atoms with van der Waals surface area (Å²) in [6.45, 7) is 2.43. The van der Waals surface area contributed by atoms with Crippen LogP contribution in [0.15, 0.2) is 73.1 Å². The number of rotatable bonds is 5. The van der Waals surface area contributed by atoms with Crippen molar-refractivity contribution in [2.24, 2.45) is 0 Å². The Morgan fingerprint density at radius 3 is 2.66 bits per heavy atom. The summed E-state index contributed by atoms with van der Waals surface area (Å²) in [7, 11) is 0. The predicted octanol–water partition coefficient (Wildman–Crippen LogP) is 4.60. The van der Waals surface area contributed by atoms with Gasteiger partial charge in [0.1, 0.15) is 0 Å². The number of hydrogen-bond acceptors (Lipinski definition) is 5. The Balaban J connectivity index is 1.68. The van der Waals surface area contributed by atoms with Gasteiger partial charge in [-0.1, -0.05) is 41.4 Å². The molecule has 0 aliphatic carbocycles. The number of nitrogens with zero attached hydrogens (tertiary/aromatic N) is 4. The summed E-state index contributed by atoms with van der Waals surface area (Å²) in [5.74, 6) is 0.516. The van der Waals surface area contributed by atoms with Gasteiger partial charge in [-0.2, -0.15) is 9.67 Å². The molecule has 0 atom stereocenters. The van der Waals surface area contributed by atoms with E-state index in [1.54, 1.807) is 30.6 Å². The highest BCUT2D eigenvalue weighted by atomic mass is 35.5. The van der Waals surface area contributed by atoms with E-state index in [1.807, 2.05) is 49.4 Å². The van der Waals surface area contributed by atoms with Crippen molar-refractivity contribution in [3.05, 3.63) is 94.8 Å². The van der Waals surface area contributed by atoms with Gasteiger partial charge in [0, 0.05) is 35.1 Å². The second kappa shape index (κ2) is 8.24. The maximum absolute atomic E-state index is 13.1. The SMILES string of the molecule is Cc1ccc(C(=O)n2nc(-c3cccnc3)nc2NCc2cccc(Cl)c2)cc1. The van der Waals surface area contributed by atoms with Crippen LogP contribution in [-0.2, 0) is 6.54 Å². The Kier molecular flexibility index (Phi) is 5.35. The molecule has 0 radical (unpaired) electrons. The number of carbonyl (C=O) groups is 1. The zero-order valence-corrected chi connectivity index (χ0v) is 16.5. The first-order chi connectivity index (χ1) is 14.1. The Bertz CT molecular complexity index is 1140. The lowest BCUT2D eigenvalue weighted by molar-refractivity contribution is 0.0947. The summed E-state index contributed by atoms with van der Waals surface area (Å²) in [6.07, 6.45) is 3.34. The van der Waals surface area contributed by atoms with Gasteiger partial charge < -0.3 is 5.32 Å². The lowest BCUT2D eigenvalue weighted by Gasteiger charge is -2.08. The molecule has 0 unspecified atom stereocenters. The van der Waals surface area contributed by atoms with Crippen LogP contribution in [-0.4, -0.2) is 25.7 Å². The number of hydrogen-bond donors (Lipinski definition) is 1. The molecule has 144 valence electrons. The van der Waals surface area contributed by atoms with Gasteiger partial charge in [0.05, 0.1) is 0 Å². The van der Waals surface area contributed by atoms with Crippen molar-refractivity contribution in [3.8, 4) is 11.4 Å². The van der Waals surface area contributed by atoms with Gasteiger partial charge in [0.25, 0.3) is 5.91 Å². The van der Waals surface area contributed by atoms with Crippen LogP contribution < -0.4 is 5.32 Å². The third-order valence-electron chi connectivity index (χ3n) is 4.36. The van der Waals surface area contributed by atoms with Crippen LogP contribution in [0.25, 0.3) is 11.4 Å². The van der Waals surface area contributed by atoms with Crippen molar-refractivity contribution in [1.82, 2.24) is 19.7 Å². The highest BCUT2D eigenvalue weighted by molar-refractivity contribution is 6.30. The van der Waals surface area contributed by atoms with E-state index < -0.39 is 0 Å². The van der Waals surface area contributed by atoms with E-state index in [0.29, 0.717) is 28.9 Å². The molecule has 0 bridgehead atoms. The van der Waals surface area contributed by atoms with Crippen LogP contribution in [0.1, 0.15) is 21.5 Å². The van der Waals surface area contributed by atoms with Crippen molar-refractivity contribution in [2.45, 2.75) is 13.5 Å². The van der Waals surface area contributed by atoms with Crippen molar-refractivity contribution in [1.29, 1.82) is 0 Å². The van der Waals surface area contributed by atoms with Crippen LogP contribution in [0, 0.1) is 6.92 Å². The molecule has 2 aromatic carbocycles. The molecule has 0 saturated heterocycles. The standard InChI is InChI=1S/C22H18ClN5O/c1-15-7-9-17(10-8-15)21(29)28-22(25-13-16-4-2-6-19(23)12-16)26-20(27-28)18-5-3-11-24-14-18/h2-12,14H,13H2,1H3,(H,25,26,27). The monoisotopic (exact) mass is 403 g/mol. The summed E-state index contributed by atoms with van der Waals surface area (Å²) >= 11 is 6.06. The first kappa shape index (κ1) is 18.8. The molecule has 0 spiro atoms. The molecule has 2 heterocycles. The van der Waals surface area contributed by atoms with Crippen LogP contribution in [0.4, 0.5) is 5.95 Å². The molecule has 7 heteroatoms. The summed E-state index contributed by atoms with van der Waals surface area (Å²) in [5.41, 5.74) is 3.31. The van der Waals surface area contributed by atoms with Gasteiger partial charge in [-0.05, 0) is 48.9 Å². The lowest BCUT2D eigenvalue weighted by Crippen LogP contribution is -2.17. The van der Waals surface area contributed by atoms with Crippen molar-refractivity contribution in [2.75, 3.05) is 5.32 Å². The van der Waals surface area contributed by atoms with Gasteiger partial charge in [-0.15, -0.1) is 5.10 Å². The first-order valence-electron chi connectivity index (χ1n) is 9.07. The zero-order chi connectivity index (χ0) is 20.2. The number of nitrogens with one attached hydrogen (secondary N) is 1. The maximum Gasteiger partial charge on any atom is 0.281 e. The van der Waals surface area contributed by atoms with Crippen LogP contribution in [0.5, 0.6) is 0 Å². The molecule has 0 aliphatic heterocycles. The van der Waals surface area contributed by atoms with Gasteiger partial charge in [-0.25, -0.2) is 0 Å². The molecule has 2 aromatic heterocycles. The lowest BCUT2D eigenvalue weighted by atomic mass is 10.1. The van der Waals surface area contributed by atoms with Crippen LogP contribution in [0.2, 0.25) is 5.02 Å². The zero-order valence-electron chi connectivity index (χ0n) is 15.7. The second-order valence-electron chi connectivity index (χ2n) is 6.57. The third-order valence-corrected chi connectivity index (χ3v) is 4.59. The molecule has 0 saturated carbocycles. The second-order valence-corrected chi connectivity index (χ2v) is 7.00. The minimum atomic E-state index is -0.263. The number of aryl methyl sites for hydroxylation is 1. The fraction of sp³-hybridized carbons (Fsp3) is 0.0909. The van der Waals surface area contributed by atoms with E-state index in [-0.39, 0.29) is 5.91 Å². The van der Waals surface area contributed by atoms with E-state index >= 15 is 0 Å². The topological polar surface area (TPSA) is 72.7 Å². The van der Waals surface area contributed by atoms with E-state index in [2.05, 4.69) is 20.4 Å². The van der Waals surface area contributed by atoms with Crippen LogP contribution in [0.3, 0.4) is 0 Å². The average Bonchev–Trinajstić information content (AvgIpc) is 3.17. The molecule has 0 amide bonds. The fourth-order valence-corrected chi connectivity index (χ4v) is 3.04. The summed E-state index contributed by atoms with van der Waals surface area (Å²) in [6, 6.07) is 18.5. The van der Waals surface area contributed by atoms with Gasteiger partial charge in [-0.3, -0.25) is 9.78 Å². The Morgan fingerprint density at radius 2 is 1.93 bits per heavy atom. The van der Waals surface area contributed by atoms with E-state index in [1.165, 1.54) is 4.68 Å². The molecular formula is C22H18ClN5O.